The molecule has 2 aromatic rings. The van der Waals surface area contributed by atoms with Crippen LogP contribution in [0.25, 0.3) is 0 Å². The number of hydrogen-bond donors (Lipinski definition) is 1. The highest BCUT2D eigenvalue weighted by atomic mass is 19.1. The van der Waals surface area contributed by atoms with Gasteiger partial charge in [-0.1, -0.05) is 43.3 Å². The molecule has 1 unspecified atom stereocenters. The summed E-state index contributed by atoms with van der Waals surface area (Å²) in [4.78, 5) is 0. The largest absolute Gasteiger partial charge is 0.494 e. The molecule has 0 heterocycles. The van der Waals surface area contributed by atoms with Crippen LogP contribution in [0.4, 0.5) is 4.39 Å². The van der Waals surface area contributed by atoms with Crippen molar-refractivity contribution in [1.29, 1.82) is 0 Å². The Morgan fingerprint density at radius 2 is 1.84 bits per heavy atom. The molecule has 0 spiro atoms. The molecule has 0 saturated carbocycles. The summed E-state index contributed by atoms with van der Waals surface area (Å²) in [5.41, 5.74) is 2.01. The number of ether oxygens (including phenoxy) is 1. The van der Waals surface area contributed by atoms with Crippen LogP contribution in [0.15, 0.2) is 48.5 Å². The lowest BCUT2D eigenvalue weighted by Gasteiger charge is -2.19. The Kier molecular flexibility index (Phi) is 4.53. The molecule has 19 heavy (non-hydrogen) atoms. The van der Waals surface area contributed by atoms with Gasteiger partial charge in [0.15, 0.2) is 11.6 Å². The number of nitrogens with one attached hydrogen (secondary N) is 1. The standard InChI is InChI=1S/C16H18FNO/c1-3-18-16(12-7-5-4-6-8-12)13-9-10-15(19-2)14(17)11-13/h4-11,16,18H,3H2,1-2H3. The SMILES string of the molecule is CCNC(c1ccccc1)c1ccc(OC)c(F)c1. The van der Waals surface area contributed by atoms with Crippen LogP contribution in [0, 0.1) is 5.82 Å². The Bertz CT molecular complexity index is 528. The van der Waals surface area contributed by atoms with Crippen molar-refractivity contribution in [1.82, 2.24) is 5.32 Å². The molecule has 3 heteroatoms. The summed E-state index contributed by atoms with van der Waals surface area (Å²) in [5.74, 6) is -0.0640. The molecule has 100 valence electrons. The second kappa shape index (κ2) is 6.34. The Morgan fingerprint density at radius 1 is 1.11 bits per heavy atom. The van der Waals surface area contributed by atoms with E-state index in [2.05, 4.69) is 5.32 Å². The van der Waals surface area contributed by atoms with Crippen LogP contribution in [-0.2, 0) is 0 Å². The maximum Gasteiger partial charge on any atom is 0.165 e. The minimum absolute atomic E-state index is 0.00777. The highest BCUT2D eigenvalue weighted by Gasteiger charge is 2.14. The van der Waals surface area contributed by atoms with E-state index >= 15 is 0 Å². The third kappa shape index (κ3) is 3.12. The summed E-state index contributed by atoms with van der Waals surface area (Å²) in [6, 6.07) is 15.1. The molecule has 2 nitrogen and oxygen atoms in total. The fraction of sp³-hybridized carbons (Fsp3) is 0.250. The normalized spacial score (nSPS) is 12.2. The zero-order valence-corrected chi connectivity index (χ0v) is 11.2. The molecule has 0 amide bonds. The van der Waals surface area contributed by atoms with Crippen molar-refractivity contribution in [2.75, 3.05) is 13.7 Å². The van der Waals surface area contributed by atoms with Crippen molar-refractivity contribution in [3.8, 4) is 5.75 Å². The summed E-state index contributed by atoms with van der Waals surface area (Å²) in [6.45, 7) is 2.85. The third-order valence-electron chi connectivity index (χ3n) is 3.05. The maximum atomic E-state index is 13.8. The van der Waals surface area contributed by atoms with Crippen molar-refractivity contribution < 1.29 is 9.13 Å². The van der Waals surface area contributed by atoms with Crippen LogP contribution in [-0.4, -0.2) is 13.7 Å². The molecule has 1 atom stereocenters. The first-order valence-electron chi connectivity index (χ1n) is 6.38. The zero-order chi connectivity index (χ0) is 13.7. The van der Waals surface area contributed by atoms with Crippen molar-refractivity contribution in [3.05, 3.63) is 65.5 Å². The monoisotopic (exact) mass is 259 g/mol. The summed E-state index contributed by atoms with van der Waals surface area (Å²) >= 11 is 0. The topological polar surface area (TPSA) is 21.3 Å². The van der Waals surface area contributed by atoms with Gasteiger partial charge in [0.2, 0.25) is 0 Å². The first-order chi connectivity index (χ1) is 9.26. The lowest BCUT2D eigenvalue weighted by molar-refractivity contribution is 0.385. The van der Waals surface area contributed by atoms with Gasteiger partial charge in [0.05, 0.1) is 13.2 Å². The van der Waals surface area contributed by atoms with Crippen LogP contribution in [0.1, 0.15) is 24.1 Å². The average molecular weight is 259 g/mol. The second-order valence-electron chi connectivity index (χ2n) is 4.30. The second-order valence-corrected chi connectivity index (χ2v) is 4.30. The van der Waals surface area contributed by atoms with E-state index in [9.17, 15) is 4.39 Å². The Hall–Kier alpha value is -1.87. The van der Waals surface area contributed by atoms with E-state index in [1.54, 1.807) is 6.07 Å². The van der Waals surface area contributed by atoms with Crippen LogP contribution < -0.4 is 10.1 Å². The van der Waals surface area contributed by atoms with Crippen LogP contribution in [0.5, 0.6) is 5.75 Å². The van der Waals surface area contributed by atoms with E-state index in [0.29, 0.717) is 0 Å². The molecule has 0 aliphatic rings. The lowest BCUT2D eigenvalue weighted by Crippen LogP contribution is -2.22. The van der Waals surface area contributed by atoms with Crippen LogP contribution in [0.2, 0.25) is 0 Å². The number of halogens is 1. The highest BCUT2D eigenvalue weighted by molar-refractivity contribution is 5.36. The number of benzene rings is 2. The highest BCUT2D eigenvalue weighted by Crippen LogP contribution is 2.26. The fourth-order valence-corrected chi connectivity index (χ4v) is 2.14. The molecule has 2 rings (SSSR count). The molecule has 0 bridgehead atoms. The summed E-state index contributed by atoms with van der Waals surface area (Å²) in [7, 11) is 1.47. The first-order valence-corrected chi connectivity index (χ1v) is 6.38. The molecule has 0 radical (unpaired) electrons. The average Bonchev–Trinajstić information content (AvgIpc) is 2.45. The van der Waals surface area contributed by atoms with Gasteiger partial charge in [0.1, 0.15) is 0 Å². The first kappa shape index (κ1) is 13.6. The van der Waals surface area contributed by atoms with Gasteiger partial charge in [-0.25, -0.2) is 4.39 Å². The molecular formula is C16H18FNO. The molecule has 0 fully saturated rings. The zero-order valence-electron chi connectivity index (χ0n) is 11.2. The smallest absolute Gasteiger partial charge is 0.165 e. The van der Waals surface area contributed by atoms with Gasteiger partial charge in [0.25, 0.3) is 0 Å². The minimum atomic E-state index is -0.334. The Balaban J connectivity index is 2.37. The van der Waals surface area contributed by atoms with Gasteiger partial charge < -0.3 is 10.1 Å². The molecule has 2 aromatic carbocycles. The molecule has 1 N–H and O–H groups in total. The van der Waals surface area contributed by atoms with Gasteiger partial charge in [-0.2, -0.15) is 0 Å². The predicted octanol–water partition coefficient (Wildman–Crippen LogP) is 3.53. The summed E-state index contributed by atoms with van der Waals surface area (Å²) in [6.07, 6.45) is 0. The number of hydrogen-bond acceptors (Lipinski definition) is 2. The van der Waals surface area contributed by atoms with Gasteiger partial charge >= 0.3 is 0 Å². The number of rotatable bonds is 5. The van der Waals surface area contributed by atoms with Crippen molar-refractivity contribution >= 4 is 0 Å². The molecule has 0 aliphatic carbocycles. The Morgan fingerprint density at radius 3 is 2.42 bits per heavy atom. The summed E-state index contributed by atoms with van der Waals surface area (Å²) < 4.78 is 18.8. The van der Waals surface area contributed by atoms with Gasteiger partial charge in [0, 0.05) is 0 Å². The summed E-state index contributed by atoms with van der Waals surface area (Å²) in [5, 5.41) is 3.37. The molecule has 0 aliphatic heterocycles. The van der Waals surface area contributed by atoms with Gasteiger partial charge in [-0.3, -0.25) is 0 Å². The van der Waals surface area contributed by atoms with Gasteiger partial charge in [-0.15, -0.1) is 0 Å². The lowest BCUT2D eigenvalue weighted by atomic mass is 9.98. The maximum absolute atomic E-state index is 13.8. The quantitative estimate of drug-likeness (QED) is 0.887. The number of methoxy groups -OCH3 is 1. The molecular weight excluding hydrogens is 241 g/mol. The minimum Gasteiger partial charge on any atom is -0.494 e. The van der Waals surface area contributed by atoms with E-state index < -0.39 is 0 Å². The predicted molar refractivity (Wildman–Crippen MR) is 74.9 cm³/mol. The van der Waals surface area contributed by atoms with E-state index in [1.165, 1.54) is 13.2 Å². The van der Waals surface area contributed by atoms with Crippen molar-refractivity contribution in [2.24, 2.45) is 0 Å². The molecule has 0 saturated heterocycles. The van der Waals surface area contributed by atoms with Crippen LogP contribution in [0.3, 0.4) is 0 Å². The Labute approximate surface area is 113 Å². The third-order valence-corrected chi connectivity index (χ3v) is 3.05. The van der Waals surface area contributed by atoms with E-state index in [-0.39, 0.29) is 17.6 Å². The van der Waals surface area contributed by atoms with E-state index in [1.807, 2.05) is 43.3 Å². The van der Waals surface area contributed by atoms with E-state index in [0.717, 1.165) is 17.7 Å². The van der Waals surface area contributed by atoms with E-state index in [4.69, 9.17) is 4.74 Å². The fourth-order valence-electron chi connectivity index (χ4n) is 2.14. The molecule has 0 aromatic heterocycles. The van der Waals surface area contributed by atoms with Crippen molar-refractivity contribution in [3.63, 3.8) is 0 Å². The van der Waals surface area contributed by atoms with Crippen LogP contribution >= 0.6 is 0 Å². The van der Waals surface area contributed by atoms with Gasteiger partial charge in [-0.05, 0) is 29.8 Å². The van der Waals surface area contributed by atoms with Crippen molar-refractivity contribution in [2.45, 2.75) is 13.0 Å².